The minimum Gasteiger partial charge on any atom is -0.324 e. The smallest absolute Gasteiger partial charge is 0.324 e. The van der Waals surface area contributed by atoms with Crippen LogP contribution in [0.25, 0.3) is 0 Å². The van der Waals surface area contributed by atoms with Crippen LogP contribution in [0.1, 0.15) is 32.5 Å². The van der Waals surface area contributed by atoms with Crippen LogP contribution in [0.2, 0.25) is 0 Å². The van der Waals surface area contributed by atoms with Gasteiger partial charge in [0.2, 0.25) is 0 Å². The molecule has 6 heteroatoms. The molecule has 1 aromatic rings. The van der Waals surface area contributed by atoms with Crippen LogP contribution in [0.4, 0.5) is 6.01 Å². The van der Waals surface area contributed by atoms with Crippen LogP contribution < -0.4 is 4.90 Å². The molecule has 0 saturated heterocycles. The van der Waals surface area contributed by atoms with Gasteiger partial charge in [-0.2, -0.15) is 4.98 Å². The lowest BCUT2D eigenvalue weighted by atomic mass is 10.2. The first-order valence-corrected chi connectivity index (χ1v) is 7.01. The lowest BCUT2D eigenvalue weighted by Crippen LogP contribution is -2.33. The van der Waals surface area contributed by atoms with E-state index in [4.69, 9.17) is 4.52 Å². The molecular formula is C10H19N3O2S. The minimum atomic E-state index is -0.824. The van der Waals surface area contributed by atoms with Crippen molar-refractivity contribution in [2.75, 3.05) is 24.0 Å². The maximum Gasteiger partial charge on any atom is 0.324 e. The van der Waals surface area contributed by atoms with Gasteiger partial charge in [0.1, 0.15) is 0 Å². The van der Waals surface area contributed by atoms with Gasteiger partial charge in [-0.3, -0.25) is 4.21 Å². The summed E-state index contributed by atoms with van der Waals surface area (Å²) in [4.78, 5) is 6.15. The Morgan fingerprint density at radius 2 is 2.06 bits per heavy atom. The summed E-state index contributed by atoms with van der Waals surface area (Å²) in [6, 6.07) is 0.605. The van der Waals surface area contributed by atoms with Crippen LogP contribution in [0.15, 0.2) is 4.52 Å². The minimum absolute atomic E-state index is 0.117. The van der Waals surface area contributed by atoms with E-state index < -0.39 is 10.8 Å². The molecule has 2 atom stereocenters. The van der Waals surface area contributed by atoms with Crippen LogP contribution in [0, 0.1) is 0 Å². The van der Waals surface area contributed by atoms with Crippen molar-refractivity contribution in [2.45, 2.75) is 32.7 Å². The molecule has 5 nitrogen and oxygen atoms in total. The van der Waals surface area contributed by atoms with Crippen molar-refractivity contribution in [3.8, 4) is 0 Å². The molecule has 16 heavy (non-hydrogen) atoms. The standard InChI is InChI=1S/C10H19N3O2S/c1-7(2)9-11-10(15-12-9)13(4)8(3)6-16(5)14/h7-8H,6H2,1-5H3/t8-,16-/m1/s1. The summed E-state index contributed by atoms with van der Waals surface area (Å²) >= 11 is 0. The second kappa shape index (κ2) is 5.43. The molecule has 0 aliphatic rings. The largest absolute Gasteiger partial charge is 0.324 e. The number of anilines is 1. The highest BCUT2D eigenvalue weighted by atomic mass is 32.2. The molecule has 0 N–H and O–H groups in total. The maximum atomic E-state index is 11.1. The van der Waals surface area contributed by atoms with Gasteiger partial charge in [-0.15, -0.1) is 0 Å². The lowest BCUT2D eigenvalue weighted by Gasteiger charge is -2.21. The summed E-state index contributed by atoms with van der Waals surface area (Å²) in [6.45, 7) is 6.01. The van der Waals surface area contributed by atoms with E-state index in [1.54, 1.807) is 6.26 Å². The summed E-state index contributed by atoms with van der Waals surface area (Å²) in [7, 11) is 1.05. The molecule has 0 amide bonds. The van der Waals surface area contributed by atoms with E-state index in [9.17, 15) is 4.21 Å². The van der Waals surface area contributed by atoms with E-state index in [0.29, 0.717) is 17.6 Å². The second-order valence-electron chi connectivity index (χ2n) is 4.29. The molecule has 0 aromatic carbocycles. The van der Waals surface area contributed by atoms with E-state index in [1.807, 2.05) is 32.7 Å². The van der Waals surface area contributed by atoms with Gasteiger partial charge in [-0.05, 0) is 6.92 Å². The number of hydrogen-bond donors (Lipinski definition) is 0. The first-order valence-electron chi connectivity index (χ1n) is 5.28. The molecule has 92 valence electrons. The highest BCUT2D eigenvalue weighted by Gasteiger charge is 2.18. The fourth-order valence-electron chi connectivity index (χ4n) is 1.24. The number of aromatic nitrogens is 2. The molecule has 1 rings (SSSR count). The second-order valence-corrected chi connectivity index (χ2v) is 5.77. The zero-order valence-electron chi connectivity index (χ0n) is 10.4. The number of hydrogen-bond acceptors (Lipinski definition) is 5. The molecule has 1 heterocycles. The Hall–Kier alpha value is -0.910. The van der Waals surface area contributed by atoms with Gasteiger partial charge < -0.3 is 9.42 Å². The molecule has 0 unspecified atom stereocenters. The van der Waals surface area contributed by atoms with E-state index in [-0.39, 0.29) is 12.0 Å². The maximum absolute atomic E-state index is 11.1. The van der Waals surface area contributed by atoms with Crippen LogP contribution >= 0.6 is 0 Å². The molecule has 0 fully saturated rings. The molecular weight excluding hydrogens is 226 g/mol. The molecule has 0 bridgehead atoms. The summed E-state index contributed by atoms with van der Waals surface area (Å²) in [5.74, 6) is 1.55. The highest BCUT2D eigenvalue weighted by Crippen LogP contribution is 2.17. The topological polar surface area (TPSA) is 59.2 Å². The average Bonchev–Trinajstić information content (AvgIpc) is 2.64. The third-order valence-corrected chi connectivity index (χ3v) is 3.34. The van der Waals surface area contributed by atoms with Crippen molar-refractivity contribution < 1.29 is 8.73 Å². The fraction of sp³-hybridized carbons (Fsp3) is 0.800. The Kier molecular flexibility index (Phi) is 4.46. The van der Waals surface area contributed by atoms with Crippen molar-refractivity contribution >= 4 is 16.8 Å². The Morgan fingerprint density at radius 1 is 1.44 bits per heavy atom. The third kappa shape index (κ3) is 3.30. The predicted molar refractivity (Wildman–Crippen MR) is 65.2 cm³/mol. The van der Waals surface area contributed by atoms with Crippen molar-refractivity contribution in [2.24, 2.45) is 0 Å². The summed E-state index contributed by atoms with van der Waals surface area (Å²) in [5.41, 5.74) is 0. The Balaban J connectivity index is 2.71. The molecule has 0 spiro atoms. The van der Waals surface area contributed by atoms with E-state index in [0.717, 1.165) is 0 Å². The molecule has 0 aliphatic heterocycles. The molecule has 0 radical (unpaired) electrons. The average molecular weight is 245 g/mol. The third-order valence-electron chi connectivity index (χ3n) is 2.39. The van der Waals surface area contributed by atoms with Gasteiger partial charge in [0.15, 0.2) is 5.82 Å². The SMILES string of the molecule is CC(C)c1noc(N(C)[C@H](C)C[S@@](C)=O)n1. The predicted octanol–water partition coefficient (Wildman–Crippen LogP) is 1.40. The fourth-order valence-corrected chi connectivity index (χ4v) is 2.15. The Labute approximate surface area is 98.7 Å². The Bertz CT molecular complexity index is 365. The van der Waals surface area contributed by atoms with Crippen molar-refractivity contribution in [1.29, 1.82) is 0 Å². The van der Waals surface area contributed by atoms with Gasteiger partial charge >= 0.3 is 6.01 Å². The van der Waals surface area contributed by atoms with Crippen LogP contribution in [0.5, 0.6) is 0 Å². The van der Waals surface area contributed by atoms with Gasteiger partial charge in [0.25, 0.3) is 0 Å². The molecule has 1 aromatic heterocycles. The van der Waals surface area contributed by atoms with Gasteiger partial charge in [-0.25, -0.2) is 0 Å². The molecule has 0 saturated carbocycles. The van der Waals surface area contributed by atoms with Crippen molar-refractivity contribution in [1.82, 2.24) is 10.1 Å². The monoisotopic (exact) mass is 245 g/mol. The first kappa shape index (κ1) is 13.2. The van der Waals surface area contributed by atoms with Crippen LogP contribution in [-0.2, 0) is 10.8 Å². The van der Waals surface area contributed by atoms with E-state index in [1.165, 1.54) is 0 Å². The van der Waals surface area contributed by atoms with E-state index >= 15 is 0 Å². The molecule has 0 aliphatic carbocycles. The quantitative estimate of drug-likeness (QED) is 0.784. The van der Waals surface area contributed by atoms with Crippen molar-refractivity contribution in [3.63, 3.8) is 0 Å². The lowest BCUT2D eigenvalue weighted by molar-refractivity contribution is 0.403. The van der Waals surface area contributed by atoms with Crippen LogP contribution in [0.3, 0.4) is 0 Å². The van der Waals surface area contributed by atoms with Crippen LogP contribution in [-0.4, -0.2) is 39.4 Å². The Morgan fingerprint density at radius 3 is 2.50 bits per heavy atom. The summed E-state index contributed by atoms with van der Waals surface area (Å²) < 4.78 is 16.3. The number of rotatable bonds is 5. The zero-order chi connectivity index (χ0) is 12.3. The normalized spacial score (nSPS) is 15.1. The summed E-state index contributed by atoms with van der Waals surface area (Å²) in [6.07, 6.45) is 1.69. The van der Waals surface area contributed by atoms with Gasteiger partial charge in [0, 0.05) is 41.8 Å². The first-order chi connectivity index (χ1) is 7.41. The highest BCUT2D eigenvalue weighted by molar-refractivity contribution is 7.84. The van der Waals surface area contributed by atoms with Gasteiger partial charge in [0.05, 0.1) is 0 Å². The zero-order valence-corrected chi connectivity index (χ0v) is 11.2. The van der Waals surface area contributed by atoms with Crippen molar-refractivity contribution in [3.05, 3.63) is 5.82 Å². The number of nitrogens with zero attached hydrogens (tertiary/aromatic N) is 3. The van der Waals surface area contributed by atoms with E-state index in [2.05, 4.69) is 10.1 Å². The summed E-state index contributed by atoms with van der Waals surface area (Å²) in [5, 5.41) is 3.89. The van der Waals surface area contributed by atoms with Gasteiger partial charge in [-0.1, -0.05) is 19.0 Å².